The molecule has 1 aromatic rings. The summed E-state index contributed by atoms with van der Waals surface area (Å²) < 4.78 is 10.3. The minimum absolute atomic E-state index is 0.173. The summed E-state index contributed by atoms with van der Waals surface area (Å²) in [6, 6.07) is 4.84. The number of benzene rings is 1. The van der Waals surface area contributed by atoms with Crippen LogP contribution in [-0.4, -0.2) is 18.5 Å². The lowest BCUT2D eigenvalue weighted by atomic mass is 10.2. The molecule has 0 saturated heterocycles. The number of esters is 1. The summed E-state index contributed by atoms with van der Waals surface area (Å²) in [6.07, 6.45) is 0. The van der Waals surface area contributed by atoms with Crippen molar-refractivity contribution < 1.29 is 19.1 Å². The normalized spacial score (nSPS) is 9.59. The Kier molecular flexibility index (Phi) is 4.51. The second-order valence-electron chi connectivity index (χ2n) is 3.37. The average molecular weight is 237 g/mol. The van der Waals surface area contributed by atoms with Gasteiger partial charge in [0.15, 0.2) is 11.5 Å². The van der Waals surface area contributed by atoms with Gasteiger partial charge in [-0.2, -0.15) is 0 Å². The van der Waals surface area contributed by atoms with Gasteiger partial charge in [0.2, 0.25) is 5.91 Å². The first-order valence-electron chi connectivity index (χ1n) is 5.25. The Morgan fingerprint density at radius 2 is 1.94 bits per heavy atom. The number of hydrogen-bond acceptors (Lipinski definition) is 4. The monoisotopic (exact) mass is 237 g/mol. The number of anilines is 1. The fraction of sp³-hybridized carbons (Fsp3) is 0.333. The number of carbonyl (C=O) groups excluding carboxylic acids is 2. The molecule has 5 heteroatoms. The van der Waals surface area contributed by atoms with Gasteiger partial charge in [-0.05, 0) is 19.1 Å². The molecule has 0 atom stereocenters. The van der Waals surface area contributed by atoms with E-state index in [-0.39, 0.29) is 5.91 Å². The molecule has 0 fully saturated rings. The van der Waals surface area contributed by atoms with Gasteiger partial charge < -0.3 is 14.8 Å². The van der Waals surface area contributed by atoms with Gasteiger partial charge in [-0.1, -0.05) is 0 Å². The molecule has 1 rings (SSSR count). The van der Waals surface area contributed by atoms with Crippen molar-refractivity contribution in [3.05, 3.63) is 18.2 Å². The molecular weight excluding hydrogens is 222 g/mol. The van der Waals surface area contributed by atoms with E-state index in [1.165, 1.54) is 13.8 Å². The molecular formula is C12H15NO4. The van der Waals surface area contributed by atoms with Gasteiger partial charge in [0.25, 0.3) is 0 Å². The lowest BCUT2D eigenvalue weighted by molar-refractivity contribution is -0.132. The second-order valence-corrected chi connectivity index (χ2v) is 3.37. The SMILES string of the molecule is CCOc1cc(NC(C)=O)ccc1OC(C)=O. The zero-order chi connectivity index (χ0) is 12.8. The van der Waals surface area contributed by atoms with E-state index < -0.39 is 5.97 Å². The molecule has 0 aliphatic rings. The second kappa shape index (κ2) is 5.89. The van der Waals surface area contributed by atoms with Crippen LogP contribution < -0.4 is 14.8 Å². The largest absolute Gasteiger partial charge is 0.490 e. The summed E-state index contributed by atoms with van der Waals surface area (Å²) in [5.74, 6) is 0.174. The molecule has 0 aromatic heterocycles. The molecule has 0 aliphatic carbocycles. The van der Waals surface area contributed by atoms with E-state index in [9.17, 15) is 9.59 Å². The molecule has 0 radical (unpaired) electrons. The summed E-state index contributed by atoms with van der Waals surface area (Å²) in [4.78, 5) is 21.8. The third kappa shape index (κ3) is 4.14. The van der Waals surface area contributed by atoms with E-state index >= 15 is 0 Å². The van der Waals surface area contributed by atoms with Gasteiger partial charge in [0.1, 0.15) is 0 Å². The van der Waals surface area contributed by atoms with Crippen LogP contribution in [0.15, 0.2) is 18.2 Å². The predicted molar refractivity (Wildman–Crippen MR) is 63.2 cm³/mol. The number of rotatable bonds is 4. The molecule has 1 amide bonds. The Bertz CT molecular complexity index is 429. The highest BCUT2D eigenvalue weighted by atomic mass is 16.6. The first-order valence-corrected chi connectivity index (χ1v) is 5.25. The zero-order valence-electron chi connectivity index (χ0n) is 10.1. The minimum atomic E-state index is -0.418. The summed E-state index contributed by atoms with van der Waals surface area (Å²) >= 11 is 0. The van der Waals surface area contributed by atoms with Crippen LogP contribution in [0, 0.1) is 0 Å². The summed E-state index contributed by atoms with van der Waals surface area (Å²) in [5.41, 5.74) is 0.594. The number of hydrogen-bond donors (Lipinski definition) is 1. The van der Waals surface area contributed by atoms with Crippen LogP contribution in [0.1, 0.15) is 20.8 Å². The minimum Gasteiger partial charge on any atom is -0.490 e. The molecule has 5 nitrogen and oxygen atoms in total. The topological polar surface area (TPSA) is 64.6 Å². The van der Waals surface area contributed by atoms with Crippen molar-refractivity contribution in [1.29, 1.82) is 0 Å². The van der Waals surface area contributed by atoms with Gasteiger partial charge in [-0.15, -0.1) is 0 Å². The van der Waals surface area contributed by atoms with E-state index in [4.69, 9.17) is 9.47 Å². The molecule has 0 unspecified atom stereocenters. The van der Waals surface area contributed by atoms with E-state index in [0.29, 0.717) is 23.8 Å². The average Bonchev–Trinajstić information content (AvgIpc) is 2.21. The van der Waals surface area contributed by atoms with Crippen molar-refractivity contribution in [1.82, 2.24) is 0 Å². The van der Waals surface area contributed by atoms with Crippen molar-refractivity contribution >= 4 is 17.6 Å². The smallest absolute Gasteiger partial charge is 0.308 e. The van der Waals surface area contributed by atoms with Crippen molar-refractivity contribution in [2.24, 2.45) is 0 Å². The summed E-state index contributed by atoms with van der Waals surface area (Å²) in [7, 11) is 0. The zero-order valence-corrected chi connectivity index (χ0v) is 10.1. The predicted octanol–water partition coefficient (Wildman–Crippen LogP) is 1.97. The molecule has 1 N–H and O–H groups in total. The molecule has 0 heterocycles. The van der Waals surface area contributed by atoms with E-state index in [0.717, 1.165) is 0 Å². The van der Waals surface area contributed by atoms with E-state index in [2.05, 4.69) is 5.32 Å². The molecule has 0 aliphatic heterocycles. The molecule has 1 aromatic carbocycles. The fourth-order valence-electron chi connectivity index (χ4n) is 1.30. The standard InChI is InChI=1S/C12H15NO4/c1-4-16-12-7-10(13-8(2)14)5-6-11(12)17-9(3)15/h5-7H,4H2,1-3H3,(H,13,14). The first kappa shape index (κ1) is 13.0. The third-order valence-corrected chi connectivity index (χ3v) is 1.82. The molecule has 0 saturated carbocycles. The highest BCUT2D eigenvalue weighted by Gasteiger charge is 2.09. The van der Waals surface area contributed by atoms with Crippen LogP contribution in [0.5, 0.6) is 11.5 Å². The van der Waals surface area contributed by atoms with Crippen molar-refractivity contribution in [3.63, 3.8) is 0 Å². The van der Waals surface area contributed by atoms with Gasteiger partial charge >= 0.3 is 5.97 Å². The van der Waals surface area contributed by atoms with Gasteiger partial charge in [-0.3, -0.25) is 9.59 Å². The van der Waals surface area contributed by atoms with Crippen molar-refractivity contribution in [2.45, 2.75) is 20.8 Å². The summed E-state index contributed by atoms with van der Waals surface area (Å²) in [5, 5.41) is 2.62. The van der Waals surface area contributed by atoms with Crippen molar-refractivity contribution in [2.75, 3.05) is 11.9 Å². The maximum atomic E-state index is 10.9. The van der Waals surface area contributed by atoms with Crippen LogP contribution in [0.25, 0.3) is 0 Å². The van der Waals surface area contributed by atoms with Gasteiger partial charge in [-0.25, -0.2) is 0 Å². The Hall–Kier alpha value is -2.04. The van der Waals surface area contributed by atoms with E-state index in [1.54, 1.807) is 18.2 Å². The fourth-order valence-corrected chi connectivity index (χ4v) is 1.30. The van der Waals surface area contributed by atoms with E-state index in [1.807, 2.05) is 6.92 Å². The quantitative estimate of drug-likeness (QED) is 0.642. The maximum Gasteiger partial charge on any atom is 0.308 e. The molecule has 0 spiro atoms. The lowest BCUT2D eigenvalue weighted by Gasteiger charge is -2.11. The highest BCUT2D eigenvalue weighted by molar-refractivity contribution is 5.89. The van der Waals surface area contributed by atoms with Gasteiger partial charge in [0.05, 0.1) is 6.61 Å². The van der Waals surface area contributed by atoms with Crippen LogP contribution in [0.4, 0.5) is 5.69 Å². The number of ether oxygens (including phenoxy) is 2. The Balaban J connectivity index is 2.98. The van der Waals surface area contributed by atoms with Gasteiger partial charge in [0, 0.05) is 25.6 Å². The van der Waals surface area contributed by atoms with Crippen molar-refractivity contribution in [3.8, 4) is 11.5 Å². The first-order chi connectivity index (χ1) is 8.02. The van der Waals surface area contributed by atoms with Crippen LogP contribution >= 0.6 is 0 Å². The molecule has 17 heavy (non-hydrogen) atoms. The number of carbonyl (C=O) groups is 2. The Morgan fingerprint density at radius 3 is 2.47 bits per heavy atom. The third-order valence-electron chi connectivity index (χ3n) is 1.82. The number of nitrogens with one attached hydrogen (secondary N) is 1. The van der Waals surface area contributed by atoms with Crippen LogP contribution in [0.2, 0.25) is 0 Å². The maximum absolute atomic E-state index is 10.9. The highest BCUT2D eigenvalue weighted by Crippen LogP contribution is 2.30. The Morgan fingerprint density at radius 1 is 1.24 bits per heavy atom. The van der Waals surface area contributed by atoms with Crippen LogP contribution in [0.3, 0.4) is 0 Å². The Labute approximate surface area is 99.7 Å². The molecule has 0 bridgehead atoms. The molecule has 92 valence electrons. The number of amides is 1. The lowest BCUT2D eigenvalue weighted by Crippen LogP contribution is -2.07. The van der Waals surface area contributed by atoms with Crippen LogP contribution in [-0.2, 0) is 9.59 Å². The summed E-state index contributed by atoms with van der Waals surface area (Å²) in [6.45, 7) is 5.00.